The SMILES string of the molecule is CN(C)CCOc1ccc(Sc2ccc(Sc3ncn[nH]3)nc2C(=O)NC2=NC3C=CC=NC3S2)cc1. The molecule has 0 spiro atoms. The van der Waals surface area contributed by atoms with Crippen LogP contribution in [-0.4, -0.2) is 81.0 Å². The zero-order chi connectivity index (χ0) is 25.6. The van der Waals surface area contributed by atoms with Gasteiger partial charge in [0, 0.05) is 22.6 Å². The van der Waals surface area contributed by atoms with Crippen molar-refractivity contribution in [2.24, 2.45) is 9.98 Å². The molecule has 0 fully saturated rings. The van der Waals surface area contributed by atoms with Crippen molar-refractivity contribution in [2.75, 3.05) is 27.2 Å². The van der Waals surface area contributed by atoms with Crippen LogP contribution in [0.5, 0.6) is 5.75 Å². The second kappa shape index (κ2) is 11.9. The van der Waals surface area contributed by atoms with E-state index in [1.165, 1.54) is 41.6 Å². The molecule has 0 bridgehead atoms. The number of allylic oxidation sites excluding steroid dienone is 1. The molecule has 0 saturated carbocycles. The fraction of sp³-hybridized carbons (Fsp3) is 0.250. The summed E-state index contributed by atoms with van der Waals surface area (Å²) < 4.78 is 5.79. The molecule has 0 aliphatic carbocycles. The maximum atomic E-state index is 13.4. The van der Waals surface area contributed by atoms with Crippen molar-refractivity contribution in [3.8, 4) is 5.75 Å². The van der Waals surface area contributed by atoms with Crippen molar-refractivity contribution in [1.29, 1.82) is 0 Å². The summed E-state index contributed by atoms with van der Waals surface area (Å²) in [5.41, 5.74) is 0.304. The lowest BCUT2D eigenvalue weighted by atomic mass is 10.2. The van der Waals surface area contributed by atoms with Crippen LogP contribution in [0.15, 0.2) is 84.8 Å². The number of nitrogens with zero attached hydrogens (tertiary/aromatic N) is 6. The van der Waals surface area contributed by atoms with Gasteiger partial charge in [-0.05, 0) is 68.3 Å². The molecule has 0 radical (unpaired) electrons. The van der Waals surface area contributed by atoms with Gasteiger partial charge in [0.05, 0.1) is 0 Å². The number of hydrogen-bond donors (Lipinski definition) is 2. The van der Waals surface area contributed by atoms with Gasteiger partial charge in [-0.25, -0.2) is 9.97 Å². The number of ether oxygens (including phenoxy) is 1. The van der Waals surface area contributed by atoms with Gasteiger partial charge in [0.25, 0.3) is 5.91 Å². The van der Waals surface area contributed by atoms with Crippen LogP contribution in [0, 0.1) is 0 Å². The van der Waals surface area contributed by atoms with Crippen LogP contribution in [0.25, 0.3) is 0 Å². The molecule has 190 valence electrons. The fourth-order valence-corrected chi connectivity index (χ4v) is 5.89. The average molecular weight is 553 g/mol. The number of H-pyrrole nitrogens is 1. The lowest BCUT2D eigenvalue weighted by Crippen LogP contribution is -2.29. The molecule has 1 aromatic carbocycles. The van der Waals surface area contributed by atoms with Crippen LogP contribution < -0.4 is 10.1 Å². The highest BCUT2D eigenvalue weighted by Crippen LogP contribution is 2.34. The van der Waals surface area contributed by atoms with Crippen LogP contribution in [0.2, 0.25) is 0 Å². The van der Waals surface area contributed by atoms with E-state index >= 15 is 0 Å². The summed E-state index contributed by atoms with van der Waals surface area (Å²) in [5, 5.41) is 11.3. The summed E-state index contributed by atoms with van der Waals surface area (Å²) in [6.07, 6.45) is 7.04. The fourth-order valence-electron chi connectivity index (χ4n) is 3.34. The largest absolute Gasteiger partial charge is 0.492 e. The monoisotopic (exact) mass is 552 g/mol. The van der Waals surface area contributed by atoms with E-state index in [1.807, 2.05) is 62.6 Å². The zero-order valence-corrected chi connectivity index (χ0v) is 22.5. The van der Waals surface area contributed by atoms with Gasteiger partial charge in [-0.1, -0.05) is 29.6 Å². The smallest absolute Gasteiger partial charge is 0.277 e. The number of dihydropyridines is 1. The molecule has 13 heteroatoms. The Morgan fingerprint density at radius 1 is 1.19 bits per heavy atom. The number of thioether (sulfide) groups is 1. The summed E-state index contributed by atoms with van der Waals surface area (Å²) in [7, 11) is 4.02. The maximum Gasteiger partial charge on any atom is 0.277 e. The standard InChI is InChI=1S/C24H24N8O2S3/c1-32(2)12-13-34-15-5-7-16(8-6-15)35-18-9-10-19(36-23-26-14-27-31-23)29-20(18)21(33)30-24-28-17-4-3-11-25-22(17)37-24/h3-11,14,17,22H,12-13H2,1-2H3,(H,26,27,31)(H,28,30,33). The van der Waals surface area contributed by atoms with Gasteiger partial charge in [-0.3, -0.25) is 25.2 Å². The molecule has 2 aromatic heterocycles. The lowest BCUT2D eigenvalue weighted by Gasteiger charge is -2.12. The minimum Gasteiger partial charge on any atom is -0.492 e. The number of likely N-dealkylation sites (N-methyl/N-ethyl adjacent to an activating group) is 1. The zero-order valence-electron chi connectivity index (χ0n) is 20.1. The summed E-state index contributed by atoms with van der Waals surface area (Å²) >= 11 is 4.19. The lowest BCUT2D eigenvalue weighted by molar-refractivity contribution is 0.0969. The van der Waals surface area contributed by atoms with Crippen LogP contribution in [0.1, 0.15) is 10.5 Å². The third-order valence-electron chi connectivity index (χ3n) is 5.14. The normalized spacial score (nSPS) is 18.1. The number of carbonyl (C=O) groups excluding carboxylic acids is 1. The third kappa shape index (κ3) is 6.80. The first-order chi connectivity index (χ1) is 18.0. The number of amidine groups is 1. The summed E-state index contributed by atoms with van der Waals surface area (Å²) in [6.45, 7) is 1.45. The quantitative estimate of drug-likeness (QED) is 0.410. The number of nitrogens with one attached hydrogen (secondary N) is 2. The highest BCUT2D eigenvalue weighted by molar-refractivity contribution is 8.14. The molecule has 4 heterocycles. The maximum absolute atomic E-state index is 13.4. The number of amides is 1. The second-order valence-electron chi connectivity index (χ2n) is 8.18. The van der Waals surface area contributed by atoms with Crippen LogP contribution in [0.4, 0.5) is 0 Å². The average Bonchev–Trinajstić information content (AvgIpc) is 3.55. The molecule has 2 atom stereocenters. The van der Waals surface area contributed by atoms with Crippen molar-refractivity contribution >= 4 is 52.6 Å². The van der Waals surface area contributed by atoms with Gasteiger partial charge in [0.15, 0.2) is 10.3 Å². The molecule has 2 N–H and O–H groups in total. The highest BCUT2D eigenvalue weighted by atomic mass is 32.2. The molecule has 1 amide bonds. The molecule has 3 aromatic rings. The van der Waals surface area contributed by atoms with E-state index in [4.69, 9.17) is 4.74 Å². The first-order valence-corrected chi connectivity index (χ1v) is 13.9. The van der Waals surface area contributed by atoms with Gasteiger partial charge >= 0.3 is 0 Å². The molecule has 2 aliphatic rings. The summed E-state index contributed by atoms with van der Waals surface area (Å²) in [6, 6.07) is 11.5. The molecule has 2 aliphatic heterocycles. The second-order valence-corrected chi connectivity index (χ2v) is 11.4. The predicted octanol–water partition coefficient (Wildman–Crippen LogP) is 3.61. The van der Waals surface area contributed by atoms with Crippen molar-refractivity contribution in [2.45, 2.75) is 31.4 Å². The van der Waals surface area contributed by atoms with E-state index in [0.29, 0.717) is 27.7 Å². The van der Waals surface area contributed by atoms with Gasteiger partial charge in [0.2, 0.25) is 0 Å². The number of fused-ring (bicyclic) bond motifs is 1. The topological polar surface area (TPSA) is 121 Å². The third-order valence-corrected chi connectivity index (χ3v) is 8.10. The van der Waals surface area contributed by atoms with Gasteiger partial charge in [0.1, 0.15) is 40.8 Å². The van der Waals surface area contributed by atoms with Crippen molar-refractivity contribution < 1.29 is 9.53 Å². The molecule has 0 saturated heterocycles. The van der Waals surface area contributed by atoms with E-state index in [1.54, 1.807) is 6.21 Å². The van der Waals surface area contributed by atoms with Gasteiger partial charge < -0.3 is 9.64 Å². The number of rotatable bonds is 9. The number of aromatic nitrogens is 4. The minimum atomic E-state index is -0.330. The van der Waals surface area contributed by atoms with E-state index in [2.05, 4.69) is 40.4 Å². The Hall–Kier alpha value is -3.13. The van der Waals surface area contributed by atoms with E-state index in [0.717, 1.165) is 22.1 Å². The Morgan fingerprint density at radius 2 is 2.05 bits per heavy atom. The molecular weight excluding hydrogens is 529 g/mol. The van der Waals surface area contributed by atoms with Gasteiger partial charge in [-0.2, -0.15) is 5.10 Å². The number of aromatic amines is 1. The van der Waals surface area contributed by atoms with Crippen molar-refractivity contribution in [1.82, 2.24) is 30.4 Å². The number of benzene rings is 1. The molecule has 10 nitrogen and oxygen atoms in total. The number of pyridine rings is 1. The Morgan fingerprint density at radius 3 is 2.81 bits per heavy atom. The number of hydrogen-bond acceptors (Lipinski definition) is 11. The Kier molecular flexibility index (Phi) is 8.24. The minimum absolute atomic E-state index is 0.0473. The van der Waals surface area contributed by atoms with Crippen LogP contribution in [-0.2, 0) is 0 Å². The Labute approximate surface area is 226 Å². The summed E-state index contributed by atoms with van der Waals surface area (Å²) in [5.74, 6) is 0.472. The first-order valence-electron chi connectivity index (χ1n) is 11.4. The van der Waals surface area contributed by atoms with E-state index < -0.39 is 0 Å². The predicted molar refractivity (Wildman–Crippen MR) is 147 cm³/mol. The molecule has 37 heavy (non-hydrogen) atoms. The van der Waals surface area contributed by atoms with Crippen molar-refractivity contribution in [3.05, 3.63) is 60.6 Å². The van der Waals surface area contributed by atoms with Crippen molar-refractivity contribution in [3.63, 3.8) is 0 Å². The Bertz CT molecular complexity index is 1330. The molecular formula is C24H24N8O2S3. The number of aliphatic imine (C=N–C) groups is 2. The Balaban J connectivity index is 1.33. The van der Waals surface area contributed by atoms with Gasteiger partial charge in [-0.15, -0.1) is 0 Å². The van der Waals surface area contributed by atoms with E-state index in [9.17, 15) is 4.79 Å². The van der Waals surface area contributed by atoms with E-state index in [-0.39, 0.29) is 17.3 Å². The number of carbonyl (C=O) groups is 1. The van der Waals surface area contributed by atoms with Crippen LogP contribution in [0.3, 0.4) is 0 Å². The molecule has 2 unspecified atom stereocenters. The van der Waals surface area contributed by atoms with Crippen LogP contribution >= 0.6 is 35.3 Å². The highest BCUT2D eigenvalue weighted by Gasteiger charge is 2.30. The first kappa shape index (κ1) is 25.5. The summed E-state index contributed by atoms with van der Waals surface area (Å²) in [4.78, 5) is 34.9. The molecule has 5 rings (SSSR count).